The van der Waals surface area contributed by atoms with Gasteiger partial charge in [0.2, 0.25) is 17.6 Å². The Morgan fingerprint density at radius 3 is 2.62 bits per heavy atom. The standard InChI is InChI=1S/C22H29F2N5O3/c1-21(2,3)32-20(31)25-11-15-12-29-7-6-16(27-19(29)26-15)18(14-4-5-14)28-17(30)8-13-9-22(23,24)10-13/h6-7,12-14,18H,4-5,8-11H2,1-3H3,(H,25,31)(H,28,30). The quantitative estimate of drug-likeness (QED) is 0.671. The van der Waals surface area contributed by atoms with Crippen LogP contribution in [0.15, 0.2) is 18.5 Å². The maximum absolute atomic E-state index is 13.0. The molecule has 0 aromatic carbocycles. The highest BCUT2D eigenvalue weighted by Crippen LogP contribution is 2.44. The smallest absolute Gasteiger partial charge is 0.407 e. The van der Waals surface area contributed by atoms with Crippen LogP contribution >= 0.6 is 0 Å². The number of rotatable bonds is 7. The third kappa shape index (κ3) is 5.72. The number of carbonyl (C=O) groups excluding carboxylic acids is 2. The molecule has 0 spiro atoms. The van der Waals surface area contributed by atoms with E-state index in [1.807, 2.05) is 12.3 Å². The molecule has 1 unspecified atom stereocenters. The summed E-state index contributed by atoms with van der Waals surface area (Å²) in [7, 11) is 0. The monoisotopic (exact) mass is 449 g/mol. The Hall–Kier alpha value is -2.78. The number of halogens is 2. The maximum atomic E-state index is 13.0. The van der Waals surface area contributed by atoms with Gasteiger partial charge in [-0.25, -0.2) is 23.5 Å². The topological polar surface area (TPSA) is 97.6 Å². The van der Waals surface area contributed by atoms with Crippen LogP contribution in [0.1, 0.15) is 70.3 Å². The zero-order valence-electron chi connectivity index (χ0n) is 18.5. The van der Waals surface area contributed by atoms with E-state index in [1.54, 1.807) is 31.4 Å². The van der Waals surface area contributed by atoms with Crippen LogP contribution in [0, 0.1) is 11.8 Å². The van der Waals surface area contributed by atoms with Crippen molar-refractivity contribution in [1.29, 1.82) is 0 Å². The van der Waals surface area contributed by atoms with Gasteiger partial charge in [-0.15, -0.1) is 0 Å². The number of nitrogens with zero attached hydrogens (tertiary/aromatic N) is 3. The lowest BCUT2D eigenvalue weighted by atomic mass is 9.79. The molecule has 32 heavy (non-hydrogen) atoms. The fraction of sp³-hybridized carbons (Fsp3) is 0.636. The molecule has 2 amide bonds. The van der Waals surface area contributed by atoms with Gasteiger partial charge in [-0.1, -0.05) is 0 Å². The van der Waals surface area contributed by atoms with E-state index in [9.17, 15) is 18.4 Å². The molecule has 8 nitrogen and oxygen atoms in total. The van der Waals surface area contributed by atoms with E-state index in [0.29, 0.717) is 23.1 Å². The van der Waals surface area contributed by atoms with Gasteiger partial charge in [0.05, 0.1) is 24.0 Å². The average Bonchev–Trinajstić information content (AvgIpc) is 3.40. The molecule has 2 aromatic heterocycles. The predicted molar refractivity (Wildman–Crippen MR) is 112 cm³/mol. The molecule has 2 heterocycles. The van der Waals surface area contributed by atoms with E-state index in [0.717, 1.165) is 12.8 Å². The average molecular weight is 450 g/mol. The first kappa shape index (κ1) is 22.4. The third-order valence-electron chi connectivity index (χ3n) is 5.59. The van der Waals surface area contributed by atoms with E-state index in [2.05, 4.69) is 20.6 Å². The number of aromatic nitrogens is 3. The summed E-state index contributed by atoms with van der Waals surface area (Å²) in [6.45, 7) is 5.57. The van der Waals surface area contributed by atoms with Crippen molar-refractivity contribution in [1.82, 2.24) is 25.0 Å². The molecule has 1 atom stereocenters. The number of ether oxygens (including phenoxy) is 1. The van der Waals surface area contributed by atoms with Gasteiger partial charge in [0, 0.05) is 31.7 Å². The summed E-state index contributed by atoms with van der Waals surface area (Å²) in [6.07, 6.45) is 4.71. The van der Waals surface area contributed by atoms with Crippen molar-refractivity contribution < 1.29 is 23.1 Å². The highest BCUT2D eigenvalue weighted by Gasteiger charge is 2.46. The SMILES string of the molecule is CC(C)(C)OC(=O)NCc1cn2ccc(C(NC(=O)CC3CC(F)(F)C3)C3CC3)nc2n1. The Morgan fingerprint density at radius 2 is 2.00 bits per heavy atom. The summed E-state index contributed by atoms with van der Waals surface area (Å²) in [5.74, 6) is -2.34. The second-order valence-corrected chi connectivity index (χ2v) is 9.86. The number of alkyl halides is 2. The number of alkyl carbamates (subject to hydrolysis) is 1. The number of amides is 2. The third-order valence-corrected chi connectivity index (χ3v) is 5.59. The van der Waals surface area contributed by atoms with Crippen LogP contribution in [-0.2, 0) is 16.1 Å². The maximum Gasteiger partial charge on any atom is 0.407 e. The predicted octanol–water partition coefficient (Wildman–Crippen LogP) is 3.76. The normalized spacial score (nSPS) is 19.3. The Balaban J connectivity index is 1.39. The van der Waals surface area contributed by atoms with Crippen LogP contribution in [0.3, 0.4) is 0 Å². The second kappa shape index (κ2) is 8.29. The Bertz CT molecular complexity index is 1000. The van der Waals surface area contributed by atoms with Crippen molar-refractivity contribution >= 4 is 17.8 Å². The van der Waals surface area contributed by atoms with Crippen molar-refractivity contribution in [3.63, 3.8) is 0 Å². The number of hydrogen-bond donors (Lipinski definition) is 2. The number of fused-ring (bicyclic) bond motifs is 1. The lowest BCUT2D eigenvalue weighted by Gasteiger charge is -2.34. The van der Waals surface area contributed by atoms with Crippen LogP contribution in [-0.4, -0.2) is 37.9 Å². The lowest BCUT2D eigenvalue weighted by molar-refractivity contribution is -0.134. The van der Waals surface area contributed by atoms with Crippen LogP contribution in [0.2, 0.25) is 0 Å². The highest BCUT2D eigenvalue weighted by molar-refractivity contribution is 5.77. The van der Waals surface area contributed by atoms with Gasteiger partial charge in [-0.3, -0.25) is 9.20 Å². The second-order valence-electron chi connectivity index (χ2n) is 9.86. The van der Waals surface area contributed by atoms with Crippen LogP contribution < -0.4 is 10.6 Å². The summed E-state index contributed by atoms with van der Waals surface area (Å²) in [5.41, 5.74) is 0.740. The summed E-state index contributed by atoms with van der Waals surface area (Å²) in [5, 5.41) is 5.67. The van der Waals surface area contributed by atoms with Crippen molar-refractivity contribution in [2.24, 2.45) is 11.8 Å². The van der Waals surface area contributed by atoms with Crippen LogP contribution in [0.4, 0.5) is 13.6 Å². The molecule has 2 N–H and O–H groups in total. The molecule has 2 saturated carbocycles. The van der Waals surface area contributed by atoms with Gasteiger partial charge in [-0.2, -0.15) is 0 Å². The molecule has 2 aliphatic carbocycles. The summed E-state index contributed by atoms with van der Waals surface area (Å²) in [4.78, 5) is 33.3. The van der Waals surface area contributed by atoms with Gasteiger partial charge in [0.25, 0.3) is 0 Å². The van der Waals surface area contributed by atoms with Crippen LogP contribution in [0.5, 0.6) is 0 Å². The van der Waals surface area contributed by atoms with E-state index in [-0.39, 0.29) is 43.7 Å². The number of nitrogens with one attached hydrogen (secondary N) is 2. The number of hydrogen-bond acceptors (Lipinski definition) is 5. The van der Waals surface area contributed by atoms with E-state index >= 15 is 0 Å². The Kier molecular flexibility index (Phi) is 5.81. The highest BCUT2D eigenvalue weighted by atomic mass is 19.3. The van der Waals surface area contributed by atoms with E-state index < -0.39 is 17.6 Å². The Labute approximate surface area is 185 Å². The first-order valence-electron chi connectivity index (χ1n) is 11.0. The summed E-state index contributed by atoms with van der Waals surface area (Å²) >= 11 is 0. The molecule has 4 rings (SSSR count). The van der Waals surface area contributed by atoms with Gasteiger partial charge in [0.15, 0.2) is 0 Å². The molecule has 0 aliphatic heterocycles. The van der Waals surface area contributed by atoms with Crippen molar-refractivity contribution in [2.45, 2.75) is 77.0 Å². The zero-order valence-corrected chi connectivity index (χ0v) is 18.5. The summed E-state index contributed by atoms with van der Waals surface area (Å²) in [6, 6.07) is 1.58. The molecule has 2 aliphatic rings. The van der Waals surface area contributed by atoms with Gasteiger partial charge in [0.1, 0.15) is 5.60 Å². The van der Waals surface area contributed by atoms with Crippen molar-refractivity contribution in [2.75, 3.05) is 0 Å². The minimum atomic E-state index is -2.62. The fourth-order valence-corrected chi connectivity index (χ4v) is 3.96. The number of imidazole rings is 1. The van der Waals surface area contributed by atoms with Gasteiger partial charge < -0.3 is 15.4 Å². The van der Waals surface area contributed by atoms with Crippen molar-refractivity contribution in [3.05, 3.63) is 29.8 Å². The molecular weight excluding hydrogens is 420 g/mol. The van der Waals surface area contributed by atoms with Gasteiger partial charge >= 0.3 is 6.09 Å². The molecule has 10 heteroatoms. The minimum absolute atomic E-state index is 0.116. The molecule has 0 radical (unpaired) electrons. The minimum Gasteiger partial charge on any atom is -0.444 e. The molecule has 174 valence electrons. The largest absolute Gasteiger partial charge is 0.444 e. The molecule has 2 aromatic rings. The zero-order chi connectivity index (χ0) is 23.1. The van der Waals surface area contributed by atoms with Crippen LogP contribution in [0.25, 0.3) is 5.78 Å². The first-order chi connectivity index (χ1) is 15.0. The summed E-state index contributed by atoms with van der Waals surface area (Å²) < 4.78 is 33.1. The molecule has 0 saturated heterocycles. The molecular formula is C22H29F2N5O3. The van der Waals surface area contributed by atoms with Gasteiger partial charge in [-0.05, 0) is 51.5 Å². The Morgan fingerprint density at radius 1 is 1.28 bits per heavy atom. The van der Waals surface area contributed by atoms with E-state index in [4.69, 9.17) is 4.74 Å². The molecule has 2 fully saturated rings. The fourth-order valence-electron chi connectivity index (χ4n) is 3.96. The first-order valence-corrected chi connectivity index (χ1v) is 11.0. The number of carbonyl (C=O) groups is 2. The van der Waals surface area contributed by atoms with E-state index in [1.165, 1.54) is 0 Å². The lowest BCUT2D eigenvalue weighted by Crippen LogP contribution is -2.39. The molecule has 0 bridgehead atoms. The van der Waals surface area contributed by atoms with Crippen molar-refractivity contribution in [3.8, 4) is 0 Å².